The Labute approximate surface area is 155 Å². The van der Waals surface area contributed by atoms with Gasteiger partial charge in [-0.05, 0) is 24.3 Å². The first-order valence-electron chi connectivity index (χ1n) is 7.77. The number of ether oxygens (including phenoxy) is 1. The summed E-state index contributed by atoms with van der Waals surface area (Å²) in [5.41, 5.74) is 2.11. The summed E-state index contributed by atoms with van der Waals surface area (Å²) in [7, 11) is 0. The molecule has 1 aliphatic heterocycles. The van der Waals surface area contributed by atoms with Crippen molar-refractivity contribution >= 4 is 40.8 Å². The molecule has 0 saturated carbocycles. The van der Waals surface area contributed by atoms with Crippen LogP contribution in [0, 0.1) is 0 Å². The van der Waals surface area contributed by atoms with E-state index in [1.807, 2.05) is 0 Å². The molecule has 3 rings (SSSR count). The van der Waals surface area contributed by atoms with Gasteiger partial charge >= 0.3 is 5.97 Å². The minimum atomic E-state index is -0.700. The molecule has 0 fully saturated rings. The van der Waals surface area contributed by atoms with E-state index in [0.29, 0.717) is 27.5 Å². The van der Waals surface area contributed by atoms with Crippen LogP contribution in [0.2, 0.25) is 5.02 Å². The van der Waals surface area contributed by atoms with Crippen molar-refractivity contribution in [3.63, 3.8) is 0 Å². The Morgan fingerprint density at radius 3 is 2.54 bits per heavy atom. The number of carbonyl (C=O) groups excluding carboxylic acids is 3. The van der Waals surface area contributed by atoms with Gasteiger partial charge in [-0.3, -0.25) is 19.3 Å². The van der Waals surface area contributed by atoms with Crippen LogP contribution in [-0.4, -0.2) is 35.8 Å². The van der Waals surface area contributed by atoms with Crippen molar-refractivity contribution in [1.82, 2.24) is 4.90 Å². The van der Waals surface area contributed by atoms with Gasteiger partial charge in [0.2, 0.25) is 0 Å². The maximum absolute atomic E-state index is 12.3. The van der Waals surface area contributed by atoms with Crippen molar-refractivity contribution in [3.05, 3.63) is 71.3 Å². The van der Waals surface area contributed by atoms with Crippen molar-refractivity contribution in [2.45, 2.75) is 0 Å². The Bertz CT molecular complexity index is 875. The van der Waals surface area contributed by atoms with E-state index >= 15 is 0 Å². The first-order valence-corrected chi connectivity index (χ1v) is 8.14. The maximum atomic E-state index is 12.3. The summed E-state index contributed by atoms with van der Waals surface area (Å²) in [4.78, 5) is 37.4. The zero-order valence-corrected chi connectivity index (χ0v) is 14.5. The number of rotatable bonds is 5. The van der Waals surface area contributed by atoms with E-state index in [1.54, 1.807) is 48.5 Å². The molecule has 1 N–H and O–H groups in total. The lowest BCUT2D eigenvalue weighted by Gasteiger charge is -2.16. The largest absolute Gasteiger partial charge is 0.454 e. The van der Waals surface area contributed by atoms with E-state index in [0.717, 1.165) is 0 Å². The van der Waals surface area contributed by atoms with Crippen molar-refractivity contribution in [1.29, 1.82) is 0 Å². The van der Waals surface area contributed by atoms with Crippen LogP contribution in [0.5, 0.6) is 0 Å². The SMILES string of the molecule is C=C1c2ccccc2C(=O)N1CC(=O)OCC(=O)Nc1cccc(Cl)c1. The van der Waals surface area contributed by atoms with Crippen LogP contribution in [0.1, 0.15) is 15.9 Å². The summed E-state index contributed by atoms with van der Waals surface area (Å²) in [5.74, 6) is -1.52. The van der Waals surface area contributed by atoms with Gasteiger partial charge < -0.3 is 10.1 Å². The van der Waals surface area contributed by atoms with Crippen LogP contribution in [0.25, 0.3) is 5.70 Å². The zero-order chi connectivity index (χ0) is 18.7. The monoisotopic (exact) mass is 370 g/mol. The molecule has 1 heterocycles. The summed E-state index contributed by atoms with van der Waals surface area (Å²) >= 11 is 5.83. The molecule has 0 aromatic heterocycles. The summed E-state index contributed by atoms with van der Waals surface area (Å²) in [6.45, 7) is 3.07. The van der Waals surface area contributed by atoms with Gasteiger partial charge in [0.25, 0.3) is 11.8 Å². The third kappa shape index (κ3) is 3.75. The number of hydrogen-bond donors (Lipinski definition) is 1. The average molecular weight is 371 g/mol. The molecular formula is C19H15ClN2O4. The van der Waals surface area contributed by atoms with Crippen LogP contribution in [0.4, 0.5) is 5.69 Å². The molecule has 1 aliphatic rings. The van der Waals surface area contributed by atoms with Crippen molar-refractivity contribution in [2.75, 3.05) is 18.5 Å². The van der Waals surface area contributed by atoms with Gasteiger partial charge in [0, 0.05) is 27.5 Å². The molecular weight excluding hydrogens is 356 g/mol. The van der Waals surface area contributed by atoms with Gasteiger partial charge in [-0.15, -0.1) is 0 Å². The lowest BCUT2D eigenvalue weighted by atomic mass is 10.1. The highest BCUT2D eigenvalue weighted by Crippen LogP contribution is 2.30. The van der Waals surface area contributed by atoms with Gasteiger partial charge in [-0.25, -0.2) is 0 Å². The number of esters is 1. The highest BCUT2D eigenvalue weighted by molar-refractivity contribution is 6.30. The minimum Gasteiger partial charge on any atom is -0.454 e. The molecule has 2 aromatic carbocycles. The highest BCUT2D eigenvalue weighted by atomic mass is 35.5. The molecule has 7 heteroatoms. The molecule has 2 aromatic rings. The predicted octanol–water partition coefficient (Wildman–Crippen LogP) is 2.95. The fourth-order valence-electron chi connectivity index (χ4n) is 2.59. The number of carbonyl (C=O) groups is 3. The second-order valence-electron chi connectivity index (χ2n) is 5.60. The van der Waals surface area contributed by atoms with E-state index in [9.17, 15) is 14.4 Å². The number of amides is 2. The summed E-state index contributed by atoms with van der Waals surface area (Å²) in [5, 5.41) is 3.04. The zero-order valence-electron chi connectivity index (χ0n) is 13.7. The van der Waals surface area contributed by atoms with Gasteiger partial charge in [-0.2, -0.15) is 0 Å². The van der Waals surface area contributed by atoms with E-state index in [2.05, 4.69) is 11.9 Å². The molecule has 0 spiro atoms. The third-order valence-corrected chi connectivity index (χ3v) is 4.03. The topological polar surface area (TPSA) is 75.7 Å². The number of halogens is 1. The fraction of sp³-hybridized carbons (Fsp3) is 0.105. The van der Waals surface area contributed by atoms with Crippen LogP contribution in [-0.2, 0) is 14.3 Å². The molecule has 0 bridgehead atoms. The van der Waals surface area contributed by atoms with Crippen LogP contribution in [0.3, 0.4) is 0 Å². The van der Waals surface area contributed by atoms with Crippen molar-refractivity contribution < 1.29 is 19.1 Å². The lowest BCUT2D eigenvalue weighted by Crippen LogP contribution is -2.32. The van der Waals surface area contributed by atoms with E-state index < -0.39 is 18.5 Å². The van der Waals surface area contributed by atoms with Crippen LogP contribution >= 0.6 is 11.6 Å². The quantitative estimate of drug-likeness (QED) is 0.821. The molecule has 0 unspecified atom stereocenters. The standard InChI is InChI=1S/C19H15ClN2O4/c1-12-15-7-2-3-8-16(15)19(25)22(12)10-18(24)26-11-17(23)21-14-6-4-5-13(20)9-14/h2-9H,1,10-11H2,(H,21,23). The van der Waals surface area contributed by atoms with Gasteiger partial charge in [-0.1, -0.05) is 42.4 Å². The molecule has 0 saturated heterocycles. The Morgan fingerprint density at radius 2 is 1.85 bits per heavy atom. The number of hydrogen-bond acceptors (Lipinski definition) is 4. The summed E-state index contributed by atoms with van der Waals surface area (Å²) in [6.07, 6.45) is 0. The average Bonchev–Trinajstić information content (AvgIpc) is 2.85. The Kier molecular flexibility index (Phi) is 5.04. The fourth-order valence-corrected chi connectivity index (χ4v) is 2.78. The molecule has 2 amide bonds. The highest BCUT2D eigenvalue weighted by Gasteiger charge is 2.32. The van der Waals surface area contributed by atoms with E-state index in [-0.39, 0.29) is 12.5 Å². The number of benzene rings is 2. The first kappa shape index (κ1) is 17.7. The number of nitrogens with one attached hydrogen (secondary N) is 1. The third-order valence-electron chi connectivity index (χ3n) is 3.80. The van der Waals surface area contributed by atoms with Crippen LogP contribution in [0.15, 0.2) is 55.1 Å². The normalized spacial score (nSPS) is 12.7. The Morgan fingerprint density at radius 1 is 1.12 bits per heavy atom. The predicted molar refractivity (Wildman–Crippen MR) is 97.6 cm³/mol. The van der Waals surface area contributed by atoms with Gasteiger partial charge in [0.15, 0.2) is 6.61 Å². The Hall–Kier alpha value is -3.12. The Balaban J connectivity index is 1.53. The molecule has 132 valence electrons. The molecule has 6 nitrogen and oxygen atoms in total. The van der Waals surface area contributed by atoms with E-state index in [1.165, 1.54) is 4.90 Å². The van der Waals surface area contributed by atoms with Crippen molar-refractivity contribution in [3.8, 4) is 0 Å². The molecule has 0 aliphatic carbocycles. The van der Waals surface area contributed by atoms with Crippen molar-refractivity contribution in [2.24, 2.45) is 0 Å². The second kappa shape index (κ2) is 7.41. The number of fused-ring (bicyclic) bond motifs is 1. The lowest BCUT2D eigenvalue weighted by molar-refractivity contribution is -0.147. The van der Waals surface area contributed by atoms with Gasteiger partial charge in [0.1, 0.15) is 6.54 Å². The molecule has 0 radical (unpaired) electrons. The summed E-state index contributed by atoms with van der Waals surface area (Å²) < 4.78 is 4.94. The maximum Gasteiger partial charge on any atom is 0.326 e. The molecule has 0 atom stereocenters. The summed E-state index contributed by atoms with van der Waals surface area (Å²) in [6, 6.07) is 13.6. The van der Waals surface area contributed by atoms with Crippen LogP contribution < -0.4 is 5.32 Å². The molecule has 26 heavy (non-hydrogen) atoms. The first-order chi connectivity index (χ1) is 12.5. The number of anilines is 1. The minimum absolute atomic E-state index is 0.309. The smallest absolute Gasteiger partial charge is 0.326 e. The van der Waals surface area contributed by atoms with E-state index in [4.69, 9.17) is 16.3 Å². The van der Waals surface area contributed by atoms with Gasteiger partial charge in [0.05, 0.1) is 0 Å². The number of nitrogens with zero attached hydrogens (tertiary/aromatic N) is 1. The second-order valence-corrected chi connectivity index (χ2v) is 6.04.